The highest BCUT2D eigenvalue weighted by atomic mass is 28.3. The summed E-state index contributed by atoms with van der Waals surface area (Å²) in [4.78, 5) is 8.81. The van der Waals surface area contributed by atoms with Crippen LogP contribution in [0.15, 0.2) is 58.5 Å². The summed E-state index contributed by atoms with van der Waals surface area (Å²) in [5, 5.41) is 13.6. The first-order valence-corrected chi connectivity index (χ1v) is 12.1. The monoisotopic (exact) mass is 361 g/mol. The Bertz CT molecular complexity index is 1020. The van der Waals surface area contributed by atoms with Crippen LogP contribution in [-0.4, -0.2) is 37.8 Å². The molecule has 5 heteroatoms. The number of nitrogens with zero attached hydrogens (tertiary/aromatic N) is 3. The van der Waals surface area contributed by atoms with Crippen LogP contribution in [0.4, 0.5) is 0 Å². The predicted molar refractivity (Wildman–Crippen MR) is 108 cm³/mol. The van der Waals surface area contributed by atoms with E-state index in [9.17, 15) is 5.21 Å². The van der Waals surface area contributed by atoms with Crippen LogP contribution in [0.2, 0.25) is 19.6 Å². The molecule has 0 spiro atoms. The average Bonchev–Trinajstić information content (AvgIpc) is 2.75. The number of hydroxylamine groups is 2. The molecular formula is C21H23N3OSi. The van der Waals surface area contributed by atoms with Crippen LogP contribution < -0.4 is 10.6 Å². The number of hydrogen-bond donors (Lipinski definition) is 1. The van der Waals surface area contributed by atoms with Gasteiger partial charge in [0, 0.05) is 23.4 Å². The lowest BCUT2D eigenvalue weighted by Gasteiger charge is -2.19. The van der Waals surface area contributed by atoms with Crippen molar-refractivity contribution in [2.75, 3.05) is 13.6 Å². The van der Waals surface area contributed by atoms with Crippen LogP contribution in [-0.2, 0) is 0 Å². The van der Waals surface area contributed by atoms with E-state index >= 15 is 0 Å². The van der Waals surface area contributed by atoms with Crippen LogP contribution in [0.5, 0.6) is 0 Å². The molecule has 0 aliphatic carbocycles. The molecule has 0 saturated carbocycles. The zero-order chi connectivity index (χ0) is 18.7. The second-order valence-electron chi connectivity index (χ2n) is 7.26. The first kappa shape index (κ1) is 18.1. The topological polar surface area (TPSA) is 48.2 Å². The molecule has 1 N–H and O–H groups in total. The molecule has 0 atom stereocenters. The molecule has 2 aromatic rings. The predicted octanol–water partition coefficient (Wildman–Crippen LogP) is 2.42. The lowest BCUT2D eigenvalue weighted by Crippen LogP contribution is -2.32. The highest BCUT2D eigenvalue weighted by Gasteiger charge is 2.17. The van der Waals surface area contributed by atoms with Gasteiger partial charge in [-0.1, -0.05) is 55.9 Å². The third-order valence-corrected chi connectivity index (χ3v) is 4.81. The van der Waals surface area contributed by atoms with Gasteiger partial charge in [-0.15, -0.1) is 5.54 Å². The van der Waals surface area contributed by atoms with E-state index in [1.54, 1.807) is 7.05 Å². The van der Waals surface area contributed by atoms with Crippen molar-refractivity contribution in [3.05, 3.63) is 70.2 Å². The van der Waals surface area contributed by atoms with E-state index in [-0.39, 0.29) is 6.54 Å². The Morgan fingerprint density at radius 3 is 2.50 bits per heavy atom. The summed E-state index contributed by atoms with van der Waals surface area (Å²) in [6.07, 6.45) is 0. The molecule has 0 unspecified atom stereocenters. The van der Waals surface area contributed by atoms with Crippen molar-refractivity contribution in [3.8, 4) is 11.5 Å². The fourth-order valence-corrected chi connectivity index (χ4v) is 3.23. The number of aliphatic imine (C=N–C) groups is 1. The minimum atomic E-state index is -1.47. The quantitative estimate of drug-likeness (QED) is 0.626. The molecule has 1 aliphatic rings. The second kappa shape index (κ2) is 7.28. The van der Waals surface area contributed by atoms with E-state index < -0.39 is 8.07 Å². The summed E-state index contributed by atoms with van der Waals surface area (Å²) in [7, 11) is 0.221. The minimum Gasteiger partial charge on any atom is -0.288 e. The molecule has 0 radical (unpaired) electrons. The Balaban J connectivity index is 2.33. The van der Waals surface area contributed by atoms with Crippen molar-refractivity contribution in [2.24, 2.45) is 9.98 Å². The highest BCUT2D eigenvalue weighted by Crippen LogP contribution is 2.15. The first-order chi connectivity index (χ1) is 12.4. The Labute approximate surface area is 155 Å². The third kappa shape index (κ3) is 4.10. The number of fused-ring (bicyclic) bond motifs is 1. The molecule has 3 rings (SSSR count). The minimum absolute atomic E-state index is 0.241. The summed E-state index contributed by atoms with van der Waals surface area (Å²) in [5.41, 5.74) is 5.98. The van der Waals surface area contributed by atoms with Gasteiger partial charge in [0.05, 0.1) is 11.1 Å². The molecule has 0 bridgehead atoms. The third-order valence-electron chi connectivity index (χ3n) is 3.94. The fraction of sp³-hybridized carbons (Fsp3) is 0.238. The Morgan fingerprint density at radius 1 is 1.12 bits per heavy atom. The molecule has 1 aliphatic heterocycles. The zero-order valence-corrected chi connectivity index (χ0v) is 16.6. The molecule has 26 heavy (non-hydrogen) atoms. The van der Waals surface area contributed by atoms with Gasteiger partial charge in [-0.2, -0.15) is 0 Å². The van der Waals surface area contributed by atoms with Crippen molar-refractivity contribution in [1.29, 1.82) is 0 Å². The standard InChI is InChI=1S/C21H23N3OSi/c1-22-20-15-24(25)21(17-8-6-5-7-9-17)18-14-16(10-11-19(18)23-20)12-13-26(2,3)4/h5-11,14,25H,15H2,1-4H3. The van der Waals surface area contributed by atoms with E-state index in [0.29, 0.717) is 5.84 Å². The number of rotatable bonds is 1. The lowest BCUT2D eigenvalue weighted by atomic mass is 10.1. The number of hydrogen-bond acceptors (Lipinski definition) is 3. The highest BCUT2D eigenvalue weighted by molar-refractivity contribution is 6.83. The summed E-state index contributed by atoms with van der Waals surface area (Å²) in [5.74, 6) is 3.88. The van der Waals surface area contributed by atoms with Crippen LogP contribution in [0.3, 0.4) is 0 Å². The summed E-state index contributed by atoms with van der Waals surface area (Å²) < 4.78 is 0. The molecular weight excluding hydrogens is 338 g/mol. The largest absolute Gasteiger partial charge is 0.288 e. The lowest BCUT2D eigenvalue weighted by molar-refractivity contribution is -0.0119. The van der Waals surface area contributed by atoms with Crippen molar-refractivity contribution in [3.63, 3.8) is 0 Å². The maximum absolute atomic E-state index is 10.7. The normalized spacial score (nSPS) is 15.7. The molecule has 0 amide bonds. The van der Waals surface area contributed by atoms with Gasteiger partial charge >= 0.3 is 0 Å². The van der Waals surface area contributed by atoms with Crippen LogP contribution >= 0.6 is 0 Å². The van der Waals surface area contributed by atoms with Crippen molar-refractivity contribution < 1.29 is 5.21 Å². The smallest absolute Gasteiger partial charge is 0.145 e. The van der Waals surface area contributed by atoms with Crippen LogP contribution in [0, 0.1) is 11.5 Å². The zero-order valence-electron chi connectivity index (χ0n) is 15.6. The van der Waals surface area contributed by atoms with Gasteiger partial charge in [0.15, 0.2) is 0 Å². The summed E-state index contributed by atoms with van der Waals surface area (Å²) >= 11 is 0. The van der Waals surface area contributed by atoms with Crippen LogP contribution in [0.25, 0.3) is 5.70 Å². The molecule has 132 valence electrons. The molecule has 1 heterocycles. The van der Waals surface area contributed by atoms with E-state index in [0.717, 1.165) is 27.4 Å². The van der Waals surface area contributed by atoms with Crippen molar-refractivity contribution in [1.82, 2.24) is 5.06 Å². The molecule has 0 saturated heterocycles. The van der Waals surface area contributed by atoms with Gasteiger partial charge in [0.1, 0.15) is 20.5 Å². The maximum atomic E-state index is 10.7. The van der Waals surface area contributed by atoms with Gasteiger partial charge in [0.2, 0.25) is 0 Å². The van der Waals surface area contributed by atoms with Crippen LogP contribution in [0.1, 0.15) is 11.1 Å². The molecule has 0 fully saturated rings. The van der Waals surface area contributed by atoms with Gasteiger partial charge in [-0.05, 0) is 18.2 Å². The Hall–Kier alpha value is -2.68. The number of amidine groups is 1. The summed E-state index contributed by atoms with van der Waals surface area (Å²) in [6.45, 7) is 6.91. The van der Waals surface area contributed by atoms with E-state index in [4.69, 9.17) is 0 Å². The van der Waals surface area contributed by atoms with Gasteiger partial charge in [-0.25, -0.2) is 10.1 Å². The SMILES string of the molecule is CN=C1CN(O)C(c2ccccc2)=c2cc(C#C[Si](C)(C)C)ccc2=N1. The summed E-state index contributed by atoms with van der Waals surface area (Å²) in [6, 6.07) is 15.8. The molecule has 0 aromatic heterocycles. The average molecular weight is 362 g/mol. The maximum Gasteiger partial charge on any atom is 0.145 e. The number of benzene rings is 2. The Kier molecular flexibility index (Phi) is 5.07. The second-order valence-corrected chi connectivity index (χ2v) is 12.0. The van der Waals surface area contributed by atoms with E-state index in [1.807, 2.05) is 48.5 Å². The van der Waals surface area contributed by atoms with Gasteiger partial charge < -0.3 is 0 Å². The first-order valence-electron chi connectivity index (χ1n) is 8.61. The van der Waals surface area contributed by atoms with E-state index in [2.05, 4.69) is 41.1 Å². The molecule has 2 aromatic carbocycles. The van der Waals surface area contributed by atoms with Crippen molar-refractivity contribution >= 4 is 19.6 Å². The fourth-order valence-electron chi connectivity index (χ4n) is 2.71. The van der Waals surface area contributed by atoms with E-state index in [1.165, 1.54) is 5.06 Å². The van der Waals surface area contributed by atoms with Crippen molar-refractivity contribution in [2.45, 2.75) is 19.6 Å². The Morgan fingerprint density at radius 2 is 1.85 bits per heavy atom. The van der Waals surface area contributed by atoms with Gasteiger partial charge in [0.25, 0.3) is 0 Å². The molecule has 4 nitrogen and oxygen atoms in total. The van der Waals surface area contributed by atoms with Gasteiger partial charge in [-0.3, -0.25) is 10.2 Å².